The van der Waals surface area contributed by atoms with Crippen LogP contribution < -0.4 is 9.80 Å². The molecule has 3 aliphatic rings. The van der Waals surface area contributed by atoms with Gasteiger partial charge in [-0.3, -0.25) is 0 Å². The summed E-state index contributed by atoms with van der Waals surface area (Å²) in [5, 5.41) is 2.61. The lowest BCUT2D eigenvalue weighted by molar-refractivity contribution is 0.659. The summed E-state index contributed by atoms with van der Waals surface area (Å²) in [6.07, 6.45) is 0. The van der Waals surface area contributed by atoms with Crippen LogP contribution in [0.3, 0.4) is 0 Å². The minimum Gasteiger partial charge on any atom is -0.311 e. The molecule has 16 aromatic carbocycles. The van der Waals surface area contributed by atoms with Gasteiger partial charge < -0.3 is 18.9 Å². The molecule has 2 aromatic heterocycles. The molecule has 0 amide bonds. The van der Waals surface area contributed by atoms with Gasteiger partial charge in [0.2, 0.25) is 0 Å². The molecule has 2 heterocycles. The zero-order valence-corrected chi connectivity index (χ0v) is 64.4. The maximum Gasteiger partial charge on any atom is 0.0585 e. The van der Waals surface area contributed by atoms with E-state index in [0.29, 0.717) is 0 Å². The van der Waals surface area contributed by atoms with Crippen LogP contribution in [0.25, 0.3) is 122 Å². The van der Waals surface area contributed by atoms with Gasteiger partial charge in [-0.25, -0.2) is 0 Å². The van der Waals surface area contributed by atoms with Crippen molar-refractivity contribution in [3.05, 3.63) is 434 Å². The maximum atomic E-state index is 2.55. The van der Waals surface area contributed by atoms with Crippen LogP contribution in [0.4, 0.5) is 34.1 Å². The second kappa shape index (κ2) is 27.3. The molecule has 4 heteroatoms. The van der Waals surface area contributed by atoms with Crippen LogP contribution >= 0.6 is 0 Å². The fourth-order valence-electron chi connectivity index (χ4n) is 18.8. The largest absolute Gasteiger partial charge is 0.311 e. The molecular weight excluding hydrogens is 1370 g/mol. The Kier molecular flexibility index (Phi) is 16.6. The highest BCUT2D eigenvalue weighted by Crippen LogP contribution is 2.58. The average molecular weight is 1450 g/mol. The lowest BCUT2D eigenvalue weighted by atomic mass is 9.81. The summed E-state index contributed by atoms with van der Waals surface area (Å²) in [7, 11) is 0. The van der Waals surface area contributed by atoms with Gasteiger partial charge in [-0.1, -0.05) is 321 Å². The van der Waals surface area contributed by atoms with Gasteiger partial charge in [-0.2, -0.15) is 0 Å². The number of fused-ring (bicyclic) bond motifs is 13. The third-order valence-electron chi connectivity index (χ3n) is 24.4. The third-order valence-corrected chi connectivity index (χ3v) is 24.4. The van der Waals surface area contributed by atoms with E-state index in [1.807, 2.05) is 0 Å². The first kappa shape index (κ1) is 68.5. The lowest BCUT2D eigenvalue weighted by Crippen LogP contribution is -2.15. The topological polar surface area (TPSA) is 16.3 Å². The molecule has 4 nitrogen and oxygen atoms in total. The van der Waals surface area contributed by atoms with Gasteiger partial charge in [-0.05, 0) is 221 Å². The quantitative estimate of drug-likeness (QED) is 0.114. The minimum atomic E-state index is -0.156. The highest BCUT2D eigenvalue weighted by molar-refractivity contribution is 6.03. The number of benzene rings is 16. The summed E-state index contributed by atoms with van der Waals surface area (Å²) >= 11 is 0. The molecule has 0 atom stereocenters. The number of hydrogen-bond donors (Lipinski definition) is 0. The van der Waals surface area contributed by atoms with E-state index in [1.54, 1.807) is 0 Å². The van der Waals surface area contributed by atoms with Gasteiger partial charge in [0.25, 0.3) is 0 Å². The van der Waals surface area contributed by atoms with Crippen molar-refractivity contribution in [1.82, 2.24) is 9.13 Å². The number of hydrogen-bond acceptors (Lipinski definition) is 2. The fourth-order valence-corrected chi connectivity index (χ4v) is 18.8. The van der Waals surface area contributed by atoms with Crippen LogP contribution in [0.5, 0.6) is 0 Å². The molecule has 540 valence electrons. The number of aromatic nitrogens is 2. The first-order valence-electron chi connectivity index (χ1n) is 39.5. The standard InChI is InChI=1S/C56H44N2.C53H40N2/c1-55(2)49-21-13-11-19-45(49)46-33-32-44(36-51(46)55)58-52-34-27-40(35-48(52)53-54(58)47-20-12-14-22-50(47)56(53,3)4)39-25-30-43(31-26-39)57(41-17-9-6-10-18-41)42-28-23-38(24-29-42)37-15-7-5-8-16-37;1-53(2)49-21-13-12-20-47(49)52-51(53)48-36-42(41-28-31-45(32-29-41)54(43-16-8-4-9-17-43)44-18-10-5-11-19-44)30-35-50(48)55(52)46-33-26-40(27-34-46)39-24-22-38(23-25-39)37-14-6-3-7-15-37/h5-36H,1-4H3;3-36H,1-2H3. The Balaban J connectivity index is 0.000000147. The van der Waals surface area contributed by atoms with Gasteiger partial charge in [0.05, 0.1) is 22.4 Å². The molecule has 0 spiro atoms. The van der Waals surface area contributed by atoms with Crippen molar-refractivity contribution < 1.29 is 0 Å². The molecule has 113 heavy (non-hydrogen) atoms. The van der Waals surface area contributed by atoms with Crippen LogP contribution in [-0.2, 0) is 16.2 Å². The second-order valence-corrected chi connectivity index (χ2v) is 32.0. The van der Waals surface area contributed by atoms with Crippen molar-refractivity contribution in [2.24, 2.45) is 0 Å². The summed E-state index contributed by atoms with van der Waals surface area (Å²) in [5.41, 5.74) is 39.7. The van der Waals surface area contributed by atoms with Crippen LogP contribution in [0.2, 0.25) is 0 Å². The summed E-state index contributed by atoms with van der Waals surface area (Å²) in [6, 6.07) is 146. The first-order valence-corrected chi connectivity index (χ1v) is 39.5. The van der Waals surface area contributed by atoms with Gasteiger partial charge in [0, 0.05) is 83.6 Å². The molecule has 0 radical (unpaired) electrons. The molecule has 0 saturated heterocycles. The Morgan fingerprint density at radius 2 is 0.460 bits per heavy atom. The number of nitrogens with zero attached hydrogens (tertiary/aromatic N) is 4. The predicted octanol–water partition coefficient (Wildman–Crippen LogP) is 29.5. The van der Waals surface area contributed by atoms with E-state index in [9.17, 15) is 0 Å². The smallest absolute Gasteiger partial charge is 0.0585 e. The number of anilines is 6. The Hall–Kier alpha value is -13.8. The molecule has 21 rings (SSSR count). The zero-order valence-electron chi connectivity index (χ0n) is 64.4. The third kappa shape index (κ3) is 11.6. The van der Waals surface area contributed by atoms with Crippen molar-refractivity contribution >= 4 is 55.9 Å². The Bertz CT molecular complexity index is 6570. The molecule has 3 aliphatic carbocycles. The fraction of sp³-hybridized carbons (Fsp3) is 0.0826. The zero-order chi connectivity index (χ0) is 76.1. The van der Waals surface area contributed by atoms with E-state index in [4.69, 9.17) is 0 Å². The van der Waals surface area contributed by atoms with E-state index < -0.39 is 0 Å². The van der Waals surface area contributed by atoms with E-state index in [0.717, 1.165) is 34.1 Å². The van der Waals surface area contributed by atoms with E-state index in [1.165, 1.54) is 156 Å². The molecule has 18 aromatic rings. The second-order valence-electron chi connectivity index (χ2n) is 32.0. The summed E-state index contributed by atoms with van der Waals surface area (Å²) < 4.78 is 5.04. The Morgan fingerprint density at radius 3 is 0.850 bits per heavy atom. The van der Waals surface area contributed by atoms with Crippen molar-refractivity contribution in [2.75, 3.05) is 9.80 Å². The van der Waals surface area contributed by atoms with Crippen molar-refractivity contribution in [1.29, 1.82) is 0 Å². The molecule has 0 aliphatic heterocycles. The van der Waals surface area contributed by atoms with Crippen LogP contribution in [0, 0.1) is 0 Å². The van der Waals surface area contributed by atoms with E-state index in [2.05, 4.69) is 461 Å². The van der Waals surface area contributed by atoms with Gasteiger partial charge in [0.1, 0.15) is 0 Å². The molecule has 0 saturated carbocycles. The predicted molar refractivity (Wildman–Crippen MR) is 476 cm³/mol. The monoisotopic (exact) mass is 1450 g/mol. The van der Waals surface area contributed by atoms with E-state index >= 15 is 0 Å². The molecule has 0 bridgehead atoms. The van der Waals surface area contributed by atoms with Crippen LogP contribution in [0.15, 0.2) is 400 Å². The SMILES string of the molecule is CC1(C)c2ccccc2-c2c1c1cc(-c3ccc(N(c4ccccc4)c4ccccc4)cc3)ccc1n2-c1ccc(-c2ccc(-c3ccccc3)cc2)cc1.CC1(C)c2ccccc2-c2ccc(-n3c4c(c5cc(-c6ccc(N(c7ccccc7)c7ccc(-c8ccccc8)cc7)cc6)ccc53)C(C)(C)c3ccccc3-4)cc21. The van der Waals surface area contributed by atoms with Gasteiger partial charge >= 0.3 is 0 Å². The van der Waals surface area contributed by atoms with Gasteiger partial charge in [-0.15, -0.1) is 0 Å². The van der Waals surface area contributed by atoms with Crippen molar-refractivity contribution in [2.45, 2.75) is 57.8 Å². The minimum absolute atomic E-state index is 0.0771. The highest BCUT2D eigenvalue weighted by Gasteiger charge is 2.43. The highest BCUT2D eigenvalue weighted by atomic mass is 15.1. The summed E-state index contributed by atoms with van der Waals surface area (Å²) in [4.78, 5) is 4.65. The van der Waals surface area contributed by atoms with Crippen LogP contribution in [-0.4, -0.2) is 9.13 Å². The molecule has 0 fully saturated rings. The van der Waals surface area contributed by atoms with Crippen LogP contribution in [0.1, 0.15) is 74.9 Å². The van der Waals surface area contributed by atoms with Crippen molar-refractivity contribution in [3.63, 3.8) is 0 Å². The Morgan fingerprint density at radius 1 is 0.195 bits per heavy atom. The summed E-state index contributed by atoms with van der Waals surface area (Å²) in [6.45, 7) is 14.3. The Labute approximate surface area is 662 Å². The lowest BCUT2D eigenvalue weighted by Gasteiger charge is -2.26. The first-order chi connectivity index (χ1) is 55.3. The molecular formula is C109H84N4. The molecule has 0 N–H and O–H groups in total. The number of rotatable bonds is 13. The maximum absolute atomic E-state index is 2.55. The van der Waals surface area contributed by atoms with E-state index in [-0.39, 0.29) is 16.2 Å². The normalized spacial score (nSPS) is 13.4. The van der Waals surface area contributed by atoms with Gasteiger partial charge in [0.15, 0.2) is 0 Å². The van der Waals surface area contributed by atoms with Crippen molar-refractivity contribution in [3.8, 4) is 101 Å². The average Bonchev–Trinajstić information content (AvgIpc) is 1.54. The summed E-state index contributed by atoms with van der Waals surface area (Å²) in [5.74, 6) is 0. The number of para-hydroxylation sites is 3. The molecule has 0 unspecified atom stereocenters.